The van der Waals surface area contributed by atoms with E-state index in [4.69, 9.17) is 0 Å². The molecule has 0 bridgehead atoms. The number of rotatable bonds is 5. The van der Waals surface area contributed by atoms with Crippen molar-refractivity contribution in [2.75, 3.05) is 5.32 Å². The molecule has 24 heavy (non-hydrogen) atoms. The van der Waals surface area contributed by atoms with Crippen LogP contribution in [-0.4, -0.2) is 25.5 Å². The van der Waals surface area contributed by atoms with Crippen molar-refractivity contribution in [3.63, 3.8) is 0 Å². The second kappa shape index (κ2) is 7.00. The Labute approximate surface area is 148 Å². The molecule has 2 heterocycles. The van der Waals surface area contributed by atoms with Crippen molar-refractivity contribution in [2.45, 2.75) is 26.4 Å². The second-order valence-corrected chi connectivity index (χ2v) is 6.47. The van der Waals surface area contributed by atoms with Gasteiger partial charge >= 0.3 is 0 Å². The fourth-order valence-corrected chi connectivity index (χ4v) is 2.64. The quantitative estimate of drug-likeness (QED) is 0.729. The Bertz CT molecular complexity index is 821. The van der Waals surface area contributed by atoms with Crippen LogP contribution in [0.15, 0.2) is 53.4 Å². The van der Waals surface area contributed by atoms with Crippen LogP contribution in [0.4, 0.5) is 5.69 Å². The van der Waals surface area contributed by atoms with Crippen molar-refractivity contribution in [3.8, 4) is 0 Å². The molecule has 1 amide bonds. The molecular weight excluding hydrogens is 370 g/mol. The van der Waals surface area contributed by atoms with Crippen LogP contribution >= 0.6 is 15.9 Å². The average Bonchev–Trinajstić information content (AvgIpc) is 3.17. The first-order chi connectivity index (χ1) is 11.5. The number of anilines is 1. The minimum Gasteiger partial charge on any atom is -0.324 e. The fourth-order valence-electron chi connectivity index (χ4n) is 2.35. The predicted molar refractivity (Wildman–Crippen MR) is 95.8 cm³/mol. The van der Waals surface area contributed by atoms with E-state index in [1.165, 1.54) is 0 Å². The van der Waals surface area contributed by atoms with Crippen LogP contribution in [0.1, 0.15) is 24.2 Å². The molecule has 0 radical (unpaired) electrons. The molecule has 6 nitrogen and oxygen atoms in total. The number of benzene rings is 1. The van der Waals surface area contributed by atoms with Gasteiger partial charge in [-0.2, -0.15) is 10.2 Å². The van der Waals surface area contributed by atoms with Crippen molar-refractivity contribution >= 4 is 27.5 Å². The molecule has 0 aliphatic carbocycles. The minimum atomic E-state index is -0.398. The molecule has 0 spiro atoms. The third-order valence-electron chi connectivity index (χ3n) is 3.73. The van der Waals surface area contributed by atoms with Crippen LogP contribution in [-0.2, 0) is 11.3 Å². The van der Waals surface area contributed by atoms with Gasteiger partial charge in [0.15, 0.2) is 0 Å². The molecule has 0 aliphatic rings. The fraction of sp³-hybridized carbons (Fsp3) is 0.235. The third-order valence-corrected chi connectivity index (χ3v) is 4.51. The summed E-state index contributed by atoms with van der Waals surface area (Å²) in [7, 11) is 0. The minimum absolute atomic E-state index is 0.110. The summed E-state index contributed by atoms with van der Waals surface area (Å²) in [6, 6.07) is 9.25. The summed E-state index contributed by atoms with van der Waals surface area (Å²) in [5, 5.41) is 11.5. The van der Waals surface area contributed by atoms with Crippen molar-refractivity contribution in [2.24, 2.45) is 0 Å². The summed E-state index contributed by atoms with van der Waals surface area (Å²) in [5.74, 6) is -0.110. The maximum atomic E-state index is 12.5. The van der Waals surface area contributed by atoms with Crippen molar-refractivity contribution in [1.82, 2.24) is 19.6 Å². The largest absolute Gasteiger partial charge is 0.324 e. The summed E-state index contributed by atoms with van der Waals surface area (Å²) >= 11 is 3.41. The van der Waals surface area contributed by atoms with Gasteiger partial charge in [-0.3, -0.25) is 14.2 Å². The number of aromatic nitrogens is 4. The summed E-state index contributed by atoms with van der Waals surface area (Å²) in [4.78, 5) is 12.5. The lowest BCUT2D eigenvalue weighted by Gasteiger charge is -2.13. The van der Waals surface area contributed by atoms with E-state index in [1.807, 2.05) is 61.3 Å². The molecule has 0 fully saturated rings. The highest BCUT2D eigenvalue weighted by atomic mass is 79.9. The van der Waals surface area contributed by atoms with Crippen LogP contribution in [0.25, 0.3) is 0 Å². The van der Waals surface area contributed by atoms with Gasteiger partial charge in [-0.25, -0.2) is 0 Å². The highest BCUT2D eigenvalue weighted by Crippen LogP contribution is 2.18. The molecule has 0 aliphatic heterocycles. The molecule has 1 N–H and O–H groups in total. The molecular formula is C17H18BrN5O. The van der Waals surface area contributed by atoms with Crippen molar-refractivity contribution in [3.05, 3.63) is 64.7 Å². The number of nitrogens with one attached hydrogen (secondary N) is 1. The van der Waals surface area contributed by atoms with Crippen LogP contribution < -0.4 is 5.32 Å². The molecule has 1 aromatic carbocycles. The Morgan fingerprint density at radius 1 is 1.38 bits per heavy atom. The highest BCUT2D eigenvalue weighted by molar-refractivity contribution is 9.10. The normalized spacial score (nSPS) is 12.1. The summed E-state index contributed by atoms with van der Waals surface area (Å²) < 4.78 is 4.39. The number of carbonyl (C=O) groups is 1. The molecule has 0 saturated heterocycles. The monoisotopic (exact) mass is 387 g/mol. The molecule has 124 valence electrons. The Morgan fingerprint density at radius 3 is 2.88 bits per heavy atom. The number of carbonyl (C=O) groups excluding carboxylic acids is 1. The van der Waals surface area contributed by atoms with E-state index in [-0.39, 0.29) is 5.91 Å². The van der Waals surface area contributed by atoms with E-state index in [0.29, 0.717) is 6.54 Å². The van der Waals surface area contributed by atoms with E-state index in [0.717, 1.165) is 21.4 Å². The van der Waals surface area contributed by atoms with Crippen LogP contribution in [0.3, 0.4) is 0 Å². The van der Waals surface area contributed by atoms with Gasteiger partial charge in [-0.1, -0.05) is 12.1 Å². The molecule has 1 unspecified atom stereocenters. The lowest BCUT2D eigenvalue weighted by atomic mass is 10.2. The first kappa shape index (κ1) is 16.4. The Balaban J connectivity index is 1.69. The molecule has 3 aromatic rings. The van der Waals surface area contributed by atoms with Crippen LogP contribution in [0, 0.1) is 6.92 Å². The Morgan fingerprint density at radius 2 is 2.21 bits per heavy atom. The predicted octanol–water partition coefficient (Wildman–Crippen LogP) is 3.40. The maximum Gasteiger partial charge on any atom is 0.248 e. The number of aryl methyl sites for hydroxylation is 1. The van der Waals surface area contributed by atoms with Gasteiger partial charge in [0.05, 0.1) is 16.7 Å². The topological polar surface area (TPSA) is 64.7 Å². The molecule has 2 aromatic heterocycles. The zero-order valence-electron chi connectivity index (χ0n) is 13.5. The molecule has 3 rings (SSSR count). The van der Waals surface area contributed by atoms with Gasteiger partial charge in [0.2, 0.25) is 5.91 Å². The number of amides is 1. The van der Waals surface area contributed by atoms with Gasteiger partial charge in [-0.05, 0) is 53.5 Å². The highest BCUT2D eigenvalue weighted by Gasteiger charge is 2.17. The number of hydrogen-bond acceptors (Lipinski definition) is 3. The van der Waals surface area contributed by atoms with E-state index in [2.05, 4.69) is 31.4 Å². The Hall–Kier alpha value is -2.41. The average molecular weight is 388 g/mol. The smallest absolute Gasteiger partial charge is 0.248 e. The Kier molecular flexibility index (Phi) is 4.80. The van der Waals surface area contributed by atoms with Gasteiger partial charge in [0.25, 0.3) is 0 Å². The van der Waals surface area contributed by atoms with Crippen LogP contribution in [0.2, 0.25) is 0 Å². The number of hydrogen-bond donors (Lipinski definition) is 1. The van der Waals surface area contributed by atoms with Gasteiger partial charge in [0.1, 0.15) is 6.04 Å². The van der Waals surface area contributed by atoms with E-state index in [1.54, 1.807) is 10.9 Å². The third kappa shape index (κ3) is 3.73. The maximum absolute atomic E-state index is 12.5. The zero-order chi connectivity index (χ0) is 17.1. The molecule has 1 atom stereocenters. The van der Waals surface area contributed by atoms with Gasteiger partial charge in [-0.15, -0.1) is 0 Å². The zero-order valence-corrected chi connectivity index (χ0v) is 15.1. The number of halogens is 1. The van der Waals surface area contributed by atoms with E-state index < -0.39 is 6.04 Å². The molecule has 7 heteroatoms. The van der Waals surface area contributed by atoms with Crippen molar-refractivity contribution < 1.29 is 4.79 Å². The first-order valence-electron chi connectivity index (χ1n) is 7.61. The van der Waals surface area contributed by atoms with Crippen LogP contribution in [0.5, 0.6) is 0 Å². The summed E-state index contributed by atoms with van der Waals surface area (Å²) in [5.41, 5.74) is 2.69. The SMILES string of the molecule is Cc1nn(C(C)C(=O)Nc2cccc(Cn3cccn3)c2)cc1Br. The summed E-state index contributed by atoms with van der Waals surface area (Å²) in [6.45, 7) is 4.38. The van der Waals surface area contributed by atoms with Crippen molar-refractivity contribution in [1.29, 1.82) is 0 Å². The first-order valence-corrected chi connectivity index (χ1v) is 8.41. The molecule has 0 saturated carbocycles. The lowest BCUT2D eigenvalue weighted by molar-refractivity contribution is -0.119. The lowest BCUT2D eigenvalue weighted by Crippen LogP contribution is -2.24. The van der Waals surface area contributed by atoms with Gasteiger partial charge in [0, 0.05) is 24.3 Å². The van der Waals surface area contributed by atoms with E-state index in [9.17, 15) is 4.79 Å². The standard InChI is InChI=1S/C17H18BrN5O/c1-12-16(18)11-23(21-12)13(2)17(24)20-15-6-3-5-14(9-15)10-22-8-4-7-19-22/h3-9,11,13H,10H2,1-2H3,(H,20,24). The summed E-state index contributed by atoms with van der Waals surface area (Å²) in [6.07, 6.45) is 5.47. The second-order valence-electron chi connectivity index (χ2n) is 5.61. The van der Waals surface area contributed by atoms with Gasteiger partial charge < -0.3 is 5.32 Å². The number of nitrogens with zero attached hydrogens (tertiary/aromatic N) is 4. The van der Waals surface area contributed by atoms with E-state index >= 15 is 0 Å².